The van der Waals surface area contributed by atoms with Gasteiger partial charge in [0.05, 0.1) is 0 Å². The van der Waals surface area contributed by atoms with Gasteiger partial charge >= 0.3 is 0 Å². The van der Waals surface area contributed by atoms with Crippen LogP contribution in [0.4, 0.5) is 5.69 Å². The molecule has 0 aliphatic carbocycles. The van der Waals surface area contributed by atoms with Crippen molar-refractivity contribution in [2.45, 2.75) is 45.3 Å². The highest BCUT2D eigenvalue weighted by molar-refractivity contribution is 5.55. The van der Waals surface area contributed by atoms with E-state index in [9.17, 15) is 0 Å². The van der Waals surface area contributed by atoms with Crippen LogP contribution < -0.4 is 5.32 Å². The van der Waals surface area contributed by atoms with E-state index < -0.39 is 0 Å². The first-order valence-electron chi connectivity index (χ1n) is 6.36. The zero-order valence-corrected chi connectivity index (χ0v) is 10.0. The maximum Gasteiger partial charge on any atom is 0.131 e. The zero-order valence-electron chi connectivity index (χ0n) is 10.0. The Labute approximate surface area is 98.0 Å². The minimum atomic E-state index is 0.194. The monoisotopic (exact) mass is 219 g/mol. The summed E-state index contributed by atoms with van der Waals surface area (Å²) in [5.74, 6) is 0. The van der Waals surface area contributed by atoms with Gasteiger partial charge in [-0.1, -0.05) is 44.4 Å². The van der Waals surface area contributed by atoms with Crippen molar-refractivity contribution in [3.05, 3.63) is 29.8 Å². The molecule has 0 spiro atoms. The van der Waals surface area contributed by atoms with Crippen molar-refractivity contribution in [1.29, 1.82) is 0 Å². The average molecular weight is 219 g/mol. The Bertz CT molecular complexity index is 299. The molecule has 0 saturated carbocycles. The Morgan fingerprint density at radius 1 is 1.25 bits per heavy atom. The highest BCUT2D eigenvalue weighted by Gasteiger charge is 2.19. The summed E-state index contributed by atoms with van der Waals surface area (Å²) in [6.07, 6.45) is 6.27. The smallest absolute Gasteiger partial charge is 0.131 e. The zero-order chi connectivity index (χ0) is 11.2. The minimum Gasteiger partial charge on any atom is -0.360 e. The van der Waals surface area contributed by atoms with Crippen LogP contribution in [0.25, 0.3) is 0 Å². The van der Waals surface area contributed by atoms with Gasteiger partial charge in [-0.3, -0.25) is 0 Å². The van der Waals surface area contributed by atoms with Crippen molar-refractivity contribution in [3.63, 3.8) is 0 Å². The van der Waals surface area contributed by atoms with E-state index in [1.807, 2.05) is 0 Å². The van der Waals surface area contributed by atoms with Crippen LogP contribution in [0.15, 0.2) is 24.3 Å². The van der Waals surface area contributed by atoms with E-state index >= 15 is 0 Å². The molecule has 0 radical (unpaired) electrons. The van der Waals surface area contributed by atoms with E-state index in [1.165, 1.54) is 36.9 Å². The molecule has 0 amide bonds. The van der Waals surface area contributed by atoms with Crippen LogP contribution in [0.3, 0.4) is 0 Å². The average Bonchev–Trinajstić information content (AvgIpc) is 2.71. The van der Waals surface area contributed by atoms with Crippen molar-refractivity contribution in [1.82, 2.24) is 0 Å². The number of para-hydroxylation sites is 1. The first-order chi connectivity index (χ1) is 7.90. The van der Waals surface area contributed by atoms with Crippen LogP contribution in [0.2, 0.25) is 0 Å². The Morgan fingerprint density at radius 3 is 2.94 bits per heavy atom. The van der Waals surface area contributed by atoms with Gasteiger partial charge in [-0.15, -0.1) is 0 Å². The quantitative estimate of drug-likeness (QED) is 0.738. The van der Waals surface area contributed by atoms with Crippen molar-refractivity contribution in [2.75, 3.05) is 11.9 Å². The molecule has 0 fully saturated rings. The predicted molar refractivity (Wildman–Crippen MR) is 67.7 cm³/mol. The van der Waals surface area contributed by atoms with Crippen LogP contribution in [0.5, 0.6) is 0 Å². The number of unbranched alkanes of at least 4 members (excludes halogenated alkanes) is 3. The molecule has 1 aliphatic heterocycles. The summed E-state index contributed by atoms with van der Waals surface area (Å²) in [7, 11) is 0. The van der Waals surface area contributed by atoms with Crippen molar-refractivity contribution in [3.8, 4) is 0 Å². The minimum absolute atomic E-state index is 0.194. The van der Waals surface area contributed by atoms with Crippen molar-refractivity contribution in [2.24, 2.45) is 0 Å². The summed E-state index contributed by atoms with van der Waals surface area (Å²) in [6.45, 7) is 3.11. The molecule has 16 heavy (non-hydrogen) atoms. The van der Waals surface area contributed by atoms with Crippen LogP contribution in [0.1, 0.15) is 38.2 Å². The molecule has 88 valence electrons. The van der Waals surface area contributed by atoms with Crippen molar-refractivity contribution < 1.29 is 4.74 Å². The number of hydrogen-bond donors (Lipinski definition) is 1. The lowest BCUT2D eigenvalue weighted by Crippen LogP contribution is -2.20. The van der Waals surface area contributed by atoms with Gasteiger partial charge in [0, 0.05) is 18.7 Å². The van der Waals surface area contributed by atoms with E-state index in [4.69, 9.17) is 4.74 Å². The lowest BCUT2D eigenvalue weighted by atomic mass is 10.2. The highest BCUT2D eigenvalue weighted by atomic mass is 16.5. The van der Waals surface area contributed by atoms with E-state index in [0.29, 0.717) is 0 Å². The molecule has 1 unspecified atom stereocenters. The van der Waals surface area contributed by atoms with E-state index in [1.54, 1.807) is 0 Å². The Kier molecular flexibility index (Phi) is 4.23. The van der Waals surface area contributed by atoms with Gasteiger partial charge in [0.25, 0.3) is 0 Å². The second-order valence-electron chi connectivity index (χ2n) is 4.43. The molecule has 1 aromatic rings. The van der Waals surface area contributed by atoms with E-state index in [2.05, 4.69) is 36.5 Å². The van der Waals surface area contributed by atoms with E-state index in [-0.39, 0.29) is 6.23 Å². The number of nitrogens with one attached hydrogen (secondary N) is 1. The van der Waals surface area contributed by atoms with Gasteiger partial charge in [0.2, 0.25) is 0 Å². The Hall–Kier alpha value is -1.02. The lowest BCUT2D eigenvalue weighted by Gasteiger charge is -2.12. The SMILES string of the molecule is CCCCCCOC1Cc2ccccc2N1. The molecule has 1 N–H and O–H groups in total. The third-order valence-corrected chi connectivity index (χ3v) is 3.06. The molecule has 0 aromatic heterocycles. The molecular formula is C14H21NO. The first kappa shape index (κ1) is 11.5. The second kappa shape index (κ2) is 5.90. The number of rotatable bonds is 6. The number of hydrogen-bond acceptors (Lipinski definition) is 2. The van der Waals surface area contributed by atoms with Gasteiger partial charge in [-0.05, 0) is 18.1 Å². The van der Waals surface area contributed by atoms with Crippen LogP contribution in [-0.2, 0) is 11.2 Å². The summed E-state index contributed by atoms with van der Waals surface area (Å²) in [6, 6.07) is 8.44. The molecule has 1 aliphatic rings. The molecule has 2 nitrogen and oxygen atoms in total. The Balaban J connectivity index is 1.67. The number of anilines is 1. The number of benzene rings is 1. The summed E-state index contributed by atoms with van der Waals surface area (Å²) >= 11 is 0. The fraction of sp³-hybridized carbons (Fsp3) is 0.571. The number of ether oxygens (including phenoxy) is 1. The highest BCUT2D eigenvalue weighted by Crippen LogP contribution is 2.25. The van der Waals surface area contributed by atoms with E-state index in [0.717, 1.165) is 13.0 Å². The van der Waals surface area contributed by atoms with Gasteiger partial charge < -0.3 is 10.1 Å². The third-order valence-electron chi connectivity index (χ3n) is 3.06. The van der Waals surface area contributed by atoms with Gasteiger partial charge in [0.15, 0.2) is 0 Å². The molecule has 2 rings (SSSR count). The molecule has 1 aromatic carbocycles. The number of fused-ring (bicyclic) bond motifs is 1. The fourth-order valence-corrected chi connectivity index (χ4v) is 2.12. The third kappa shape index (κ3) is 2.99. The van der Waals surface area contributed by atoms with Crippen LogP contribution >= 0.6 is 0 Å². The molecule has 2 heteroatoms. The largest absolute Gasteiger partial charge is 0.360 e. The summed E-state index contributed by atoms with van der Waals surface area (Å²) < 4.78 is 5.82. The topological polar surface area (TPSA) is 21.3 Å². The lowest BCUT2D eigenvalue weighted by molar-refractivity contribution is 0.0741. The molecular weight excluding hydrogens is 198 g/mol. The first-order valence-corrected chi connectivity index (χ1v) is 6.36. The van der Waals surface area contributed by atoms with Gasteiger partial charge in [-0.2, -0.15) is 0 Å². The second-order valence-corrected chi connectivity index (χ2v) is 4.43. The van der Waals surface area contributed by atoms with Crippen molar-refractivity contribution >= 4 is 5.69 Å². The molecule has 1 atom stereocenters. The summed E-state index contributed by atoms with van der Waals surface area (Å²) in [4.78, 5) is 0. The van der Waals surface area contributed by atoms with Gasteiger partial charge in [-0.25, -0.2) is 0 Å². The Morgan fingerprint density at radius 2 is 2.12 bits per heavy atom. The standard InChI is InChI=1S/C14H21NO/c1-2-3-4-7-10-16-14-11-12-8-5-6-9-13(12)15-14/h5-6,8-9,14-15H,2-4,7,10-11H2,1H3. The summed E-state index contributed by atoms with van der Waals surface area (Å²) in [5, 5.41) is 3.40. The molecule has 0 bridgehead atoms. The molecule has 0 saturated heterocycles. The predicted octanol–water partition coefficient (Wildman–Crippen LogP) is 3.58. The fourth-order valence-electron chi connectivity index (χ4n) is 2.12. The van der Waals surface area contributed by atoms with Crippen LogP contribution in [-0.4, -0.2) is 12.8 Å². The van der Waals surface area contributed by atoms with Crippen LogP contribution in [0, 0.1) is 0 Å². The summed E-state index contributed by atoms with van der Waals surface area (Å²) in [5.41, 5.74) is 2.61. The maximum atomic E-state index is 5.82. The maximum absolute atomic E-state index is 5.82. The van der Waals surface area contributed by atoms with Gasteiger partial charge in [0.1, 0.15) is 6.23 Å². The molecule has 1 heterocycles. The normalized spacial score (nSPS) is 18.2.